The Labute approximate surface area is 180 Å². The number of ether oxygens (including phenoxy) is 2. The van der Waals surface area contributed by atoms with E-state index in [1.165, 1.54) is 0 Å². The lowest BCUT2D eigenvalue weighted by Gasteiger charge is -2.28. The van der Waals surface area contributed by atoms with Crippen molar-refractivity contribution < 1.29 is 9.47 Å². The average molecular weight is 426 g/mol. The Balaban J connectivity index is 1.60. The van der Waals surface area contributed by atoms with Crippen LogP contribution >= 0.6 is 11.6 Å². The summed E-state index contributed by atoms with van der Waals surface area (Å²) < 4.78 is 10.7. The summed E-state index contributed by atoms with van der Waals surface area (Å²) in [5, 5.41) is 0.543. The molecule has 0 atom stereocenters. The summed E-state index contributed by atoms with van der Waals surface area (Å²) in [7, 11) is 3.16. The fourth-order valence-corrected chi connectivity index (χ4v) is 4.06. The summed E-state index contributed by atoms with van der Waals surface area (Å²) in [5.74, 6) is 1.74. The second-order valence-corrected chi connectivity index (χ2v) is 7.82. The number of hydrogen-bond acceptors (Lipinski definition) is 5. The Morgan fingerprint density at radius 2 is 1.90 bits per heavy atom. The zero-order valence-electron chi connectivity index (χ0n) is 17.3. The van der Waals surface area contributed by atoms with Crippen molar-refractivity contribution >= 4 is 11.6 Å². The van der Waals surface area contributed by atoms with E-state index in [2.05, 4.69) is 9.88 Å². The molecule has 0 amide bonds. The summed E-state index contributed by atoms with van der Waals surface area (Å²) in [6, 6.07) is 11.8. The smallest absolute Gasteiger partial charge is 0.254 e. The van der Waals surface area contributed by atoms with Crippen LogP contribution in [0.2, 0.25) is 5.02 Å². The highest BCUT2D eigenvalue weighted by Crippen LogP contribution is 2.38. The molecule has 1 aromatic heterocycles. The molecule has 0 saturated heterocycles. The monoisotopic (exact) mass is 425 g/mol. The first kappa shape index (κ1) is 20.4. The fourth-order valence-electron chi connectivity index (χ4n) is 3.77. The van der Waals surface area contributed by atoms with Crippen LogP contribution in [0.1, 0.15) is 22.4 Å². The maximum Gasteiger partial charge on any atom is 0.254 e. The maximum atomic E-state index is 12.6. The van der Waals surface area contributed by atoms with Crippen molar-refractivity contribution in [2.24, 2.45) is 0 Å². The number of H-pyrrole nitrogens is 1. The largest absolute Gasteiger partial charge is 0.493 e. The highest BCUT2D eigenvalue weighted by molar-refractivity contribution is 6.33. The van der Waals surface area contributed by atoms with Gasteiger partial charge in [-0.2, -0.15) is 0 Å². The highest BCUT2D eigenvalue weighted by Gasteiger charge is 2.23. The lowest BCUT2D eigenvalue weighted by atomic mass is 10.0. The van der Waals surface area contributed by atoms with Gasteiger partial charge in [-0.25, -0.2) is 4.98 Å². The van der Waals surface area contributed by atoms with Gasteiger partial charge in [-0.1, -0.05) is 47.5 Å². The van der Waals surface area contributed by atoms with Crippen LogP contribution < -0.4 is 15.0 Å². The Kier molecular flexibility index (Phi) is 5.79. The van der Waals surface area contributed by atoms with Gasteiger partial charge in [-0.3, -0.25) is 9.69 Å². The SMILES string of the molecule is COc1ccc(CN2CCc3c(nc(-c4ccc(C)cc4)[nH]c3=O)C2)c(Cl)c1OC. The number of hydrogen-bond donors (Lipinski definition) is 1. The van der Waals surface area contributed by atoms with E-state index >= 15 is 0 Å². The quantitative estimate of drug-likeness (QED) is 0.669. The molecule has 2 aromatic carbocycles. The molecule has 0 fully saturated rings. The minimum absolute atomic E-state index is 0.0561. The van der Waals surface area contributed by atoms with E-state index < -0.39 is 0 Å². The molecular weight excluding hydrogens is 402 g/mol. The van der Waals surface area contributed by atoms with E-state index in [-0.39, 0.29) is 5.56 Å². The van der Waals surface area contributed by atoms with Crippen molar-refractivity contribution in [2.75, 3.05) is 20.8 Å². The van der Waals surface area contributed by atoms with Gasteiger partial charge in [0.2, 0.25) is 0 Å². The number of aromatic nitrogens is 2. The Hall–Kier alpha value is -2.83. The van der Waals surface area contributed by atoms with E-state index in [1.807, 2.05) is 43.3 Å². The number of fused-ring (bicyclic) bond motifs is 1. The first-order valence-corrected chi connectivity index (χ1v) is 10.2. The van der Waals surface area contributed by atoms with E-state index in [0.29, 0.717) is 41.9 Å². The third-order valence-electron chi connectivity index (χ3n) is 5.44. The van der Waals surface area contributed by atoms with Gasteiger partial charge in [0.15, 0.2) is 11.5 Å². The Morgan fingerprint density at radius 1 is 1.13 bits per heavy atom. The van der Waals surface area contributed by atoms with Gasteiger partial charge in [0.1, 0.15) is 5.82 Å². The molecule has 1 aliphatic heterocycles. The summed E-state index contributed by atoms with van der Waals surface area (Å²) in [5.41, 5.74) is 4.54. The van der Waals surface area contributed by atoms with Crippen molar-refractivity contribution in [3.63, 3.8) is 0 Å². The zero-order valence-corrected chi connectivity index (χ0v) is 18.0. The molecule has 30 heavy (non-hydrogen) atoms. The number of halogens is 1. The van der Waals surface area contributed by atoms with Crippen molar-refractivity contribution in [2.45, 2.75) is 26.4 Å². The normalized spacial score (nSPS) is 13.7. The molecule has 0 radical (unpaired) electrons. The van der Waals surface area contributed by atoms with Gasteiger partial charge in [0, 0.05) is 30.8 Å². The van der Waals surface area contributed by atoms with Gasteiger partial charge in [-0.05, 0) is 25.0 Å². The van der Waals surface area contributed by atoms with Crippen LogP contribution in [0.3, 0.4) is 0 Å². The predicted molar refractivity (Wildman–Crippen MR) is 117 cm³/mol. The van der Waals surface area contributed by atoms with E-state index in [4.69, 9.17) is 26.1 Å². The van der Waals surface area contributed by atoms with Crippen LogP contribution in [0.4, 0.5) is 0 Å². The minimum Gasteiger partial charge on any atom is -0.493 e. The molecule has 3 aromatic rings. The molecule has 0 aliphatic carbocycles. The first-order chi connectivity index (χ1) is 14.5. The van der Waals surface area contributed by atoms with Gasteiger partial charge >= 0.3 is 0 Å². The molecule has 0 bridgehead atoms. The first-order valence-electron chi connectivity index (χ1n) is 9.81. The molecular formula is C23H24ClN3O3. The number of rotatable bonds is 5. The summed E-state index contributed by atoms with van der Waals surface area (Å²) >= 11 is 6.55. The van der Waals surface area contributed by atoms with Crippen LogP contribution in [0.15, 0.2) is 41.2 Å². The predicted octanol–water partition coefficient (Wildman–Crippen LogP) is 3.97. The second kappa shape index (κ2) is 8.50. The van der Waals surface area contributed by atoms with Gasteiger partial charge < -0.3 is 14.5 Å². The van der Waals surface area contributed by atoms with Crippen LogP contribution in [0.5, 0.6) is 11.5 Å². The molecule has 4 rings (SSSR count). The third kappa shape index (κ3) is 3.93. The van der Waals surface area contributed by atoms with Crippen LogP contribution in [0, 0.1) is 6.92 Å². The van der Waals surface area contributed by atoms with Crippen LogP contribution in [-0.4, -0.2) is 35.6 Å². The zero-order chi connectivity index (χ0) is 21.3. The summed E-state index contributed by atoms with van der Waals surface area (Å²) in [4.78, 5) is 22.6. The molecule has 1 aliphatic rings. The molecule has 2 heterocycles. The van der Waals surface area contributed by atoms with E-state index in [9.17, 15) is 4.79 Å². The lowest BCUT2D eigenvalue weighted by Crippen LogP contribution is -2.35. The molecule has 6 nitrogen and oxygen atoms in total. The lowest BCUT2D eigenvalue weighted by molar-refractivity contribution is 0.240. The van der Waals surface area contributed by atoms with Crippen molar-refractivity contribution in [1.29, 1.82) is 0 Å². The number of methoxy groups -OCH3 is 2. The number of aromatic amines is 1. The second-order valence-electron chi connectivity index (χ2n) is 7.44. The molecule has 0 unspecified atom stereocenters. The molecule has 7 heteroatoms. The van der Waals surface area contributed by atoms with Gasteiger partial charge in [0.25, 0.3) is 5.56 Å². The van der Waals surface area contributed by atoms with Gasteiger partial charge in [-0.15, -0.1) is 0 Å². The van der Waals surface area contributed by atoms with Crippen molar-refractivity contribution in [3.8, 4) is 22.9 Å². The third-order valence-corrected chi connectivity index (χ3v) is 5.85. The number of benzene rings is 2. The topological polar surface area (TPSA) is 67.5 Å². The highest BCUT2D eigenvalue weighted by atomic mass is 35.5. The Morgan fingerprint density at radius 3 is 2.60 bits per heavy atom. The maximum absolute atomic E-state index is 12.6. The summed E-state index contributed by atoms with van der Waals surface area (Å²) in [6.45, 7) is 4.01. The van der Waals surface area contributed by atoms with Crippen LogP contribution in [0.25, 0.3) is 11.4 Å². The van der Waals surface area contributed by atoms with Crippen LogP contribution in [-0.2, 0) is 19.5 Å². The number of nitrogens with one attached hydrogen (secondary N) is 1. The average Bonchev–Trinajstić information content (AvgIpc) is 2.75. The molecule has 1 N–H and O–H groups in total. The number of aryl methyl sites for hydroxylation is 1. The fraction of sp³-hybridized carbons (Fsp3) is 0.304. The van der Waals surface area contributed by atoms with Crippen molar-refractivity contribution in [1.82, 2.24) is 14.9 Å². The Bertz CT molecular complexity index is 1130. The molecule has 0 saturated carbocycles. The van der Waals surface area contributed by atoms with Crippen molar-refractivity contribution in [3.05, 3.63) is 74.2 Å². The van der Waals surface area contributed by atoms with E-state index in [0.717, 1.165) is 34.5 Å². The molecule has 0 spiro atoms. The minimum atomic E-state index is -0.0561. The molecule has 156 valence electrons. The van der Waals surface area contributed by atoms with Gasteiger partial charge in [0.05, 0.1) is 24.9 Å². The standard InChI is InChI=1S/C23H24ClN3O3/c1-14-4-6-15(7-5-14)22-25-18-13-27(11-10-17(18)23(28)26-22)12-16-8-9-19(29-2)21(30-3)20(16)24/h4-9H,10-13H2,1-3H3,(H,25,26,28). The number of nitrogens with zero attached hydrogens (tertiary/aromatic N) is 2. The summed E-state index contributed by atoms with van der Waals surface area (Å²) in [6.07, 6.45) is 0.650. The van der Waals surface area contributed by atoms with E-state index in [1.54, 1.807) is 14.2 Å².